The molecule has 3 heteroatoms. The molecule has 0 amide bonds. The molecule has 0 spiro atoms. The van der Waals surface area contributed by atoms with E-state index in [9.17, 15) is 4.79 Å². The quantitative estimate of drug-likeness (QED) is 0.263. The zero-order valence-corrected chi connectivity index (χ0v) is 15.4. The van der Waals surface area contributed by atoms with Crippen molar-refractivity contribution >= 4 is 5.97 Å². The highest BCUT2D eigenvalue weighted by atomic mass is 16.5. The minimum absolute atomic E-state index is 0.181. The molecule has 1 unspecified atom stereocenters. The second kappa shape index (κ2) is 11.7. The predicted octanol–water partition coefficient (Wildman–Crippen LogP) is 5.29. The van der Waals surface area contributed by atoms with Crippen molar-refractivity contribution in [2.45, 2.75) is 84.7 Å². The van der Waals surface area contributed by atoms with E-state index in [1.165, 1.54) is 38.5 Å². The Morgan fingerprint density at radius 1 is 1.09 bits per heavy atom. The summed E-state index contributed by atoms with van der Waals surface area (Å²) in [4.78, 5) is 11.5. The third-order valence-electron chi connectivity index (χ3n) is 4.46. The van der Waals surface area contributed by atoms with E-state index in [-0.39, 0.29) is 11.6 Å². The molecular weight excluding hydrogens is 276 g/mol. The lowest BCUT2D eigenvalue weighted by Crippen LogP contribution is -2.34. The van der Waals surface area contributed by atoms with Gasteiger partial charge in [0.25, 0.3) is 0 Å². The van der Waals surface area contributed by atoms with Crippen LogP contribution < -0.4 is 0 Å². The van der Waals surface area contributed by atoms with Crippen LogP contribution in [0.2, 0.25) is 0 Å². The van der Waals surface area contributed by atoms with Crippen LogP contribution in [0.25, 0.3) is 0 Å². The molecule has 0 rings (SSSR count). The maximum Gasteiger partial charge on any atom is 0.333 e. The molecule has 0 aromatic rings. The van der Waals surface area contributed by atoms with Crippen molar-refractivity contribution in [2.24, 2.45) is 5.92 Å². The Bertz CT molecular complexity index is 321. The summed E-state index contributed by atoms with van der Waals surface area (Å²) in [7, 11) is 1.76. The van der Waals surface area contributed by atoms with Crippen molar-refractivity contribution < 1.29 is 14.3 Å². The molecule has 0 aromatic heterocycles. The van der Waals surface area contributed by atoms with Gasteiger partial charge >= 0.3 is 5.97 Å². The molecule has 0 N–H and O–H groups in total. The summed E-state index contributed by atoms with van der Waals surface area (Å²) >= 11 is 0. The van der Waals surface area contributed by atoms with Crippen LogP contribution in [0.3, 0.4) is 0 Å². The van der Waals surface area contributed by atoms with E-state index in [2.05, 4.69) is 27.4 Å². The number of hydrogen-bond acceptors (Lipinski definition) is 3. The third-order valence-corrected chi connectivity index (χ3v) is 4.46. The summed E-state index contributed by atoms with van der Waals surface area (Å²) < 4.78 is 10.9. The summed E-state index contributed by atoms with van der Waals surface area (Å²) in [6.45, 7) is 12.2. The van der Waals surface area contributed by atoms with E-state index >= 15 is 0 Å². The summed E-state index contributed by atoms with van der Waals surface area (Å²) in [5.74, 6) is 0.107. The third kappa shape index (κ3) is 9.24. The zero-order valence-electron chi connectivity index (χ0n) is 15.4. The zero-order chi connectivity index (χ0) is 17.0. The minimum Gasteiger partial charge on any atom is -0.462 e. The Morgan fingerprint density at radius 3 is 2.23 bits per heavy atom. The largest absolute Gasteiger partial charge is 0.462 e. The standard InChI is InChI=1S/C19H36O3/c1-7-8-9-10-11-12-13-17(19(4,5)21-6)14-15-22-18(20)16(2)3/h17H,2,7-15H2,1,3-6H3. The number of carbonyl (C=O) groups excluding carboxylic acids is 1. The summed E-state index contributed by atoms with van der Waals surface area (Å²) in [5.41, 5.74) is 0.275. The van der Waals surface area contributed by atoms with Crippen molar-refractivity contribution in [2.75, 3.05) is 13.7 Å². The lowest BCUT2D eigenvalue weighted by atomic mass is 9.83. The molecule has 22 heavy (non-hydrogen) atoms. The molecule has 0 saturated heterocycles. The summed E-state index contributed by atoms with van der Waals surface area (Å²) in [5, 5.41) is 0. The fraction of sp³-hybridized carbons (Fsp3) is 0.842. The highest BCUT2D eigenvalue weighted by molar-refractivity contribution is 5.86. The molecule has 0 aliphatic rings. The van der Waals surface area contributed by atoms with E-state index < -0.39 is 0 Å². The van der Waals surface area contributed by atoms with Gasteiger partial charge in [-0.3, -0.25) is 0 Å². The first-order valence-corrected chi connectivity index (χ1v) is 8.73. The summed E-state index contributed by atoms with van der Waals surface area (Å²) in [6.07, 6.45) is 9.74. The van der Waals surface area contributed by atoms with Gasteiger partial charge in [0.05, 0.1) is 12.2 Å². The van der Waals surface area contributed by atoms with Crippen LogP contribution in [0, 0.1) is 5.92 Å². The van der Waals surface area contributed by atoms with Gasteiger partial charge in [0.15, 0.2) is 0 Å². The molecule has 130 valence electrons. The summed E-state index contributed by atoms with van der Waals surface area (Å²) in [6, 6.07) is 0. The molecule has 0 aliphatic carbocycles. The van der Waals surface area contributed by atoms with Crippen LogP contribution in [0.1, 0.15) is 79.1 Å². The molecule has 0 saturated carbocycles. The van der Waals surface area contributed by atoms with E-state index in [4.69, 9.17) is 9.47 Å². The maximum atomic E-state index is 11.5. The Labute approximate surface area is 137 Å². The molecule has 1 atom stereocenters. The molecule has 0 aliphatic heterocycles. The van der Waals surface area contributed by atoms with Gasteiger partial charge in [-0.15, -0.1) is 0 Å². The topological polar surface area (TPSA) is 35.5 Å². The number of carbonyl (C=O) groups is 1. The molecule has 0 radical (unpaired) electrons. The average Bonchev–Trinajstić information content (AvgIpc) is 2.48. The van der Waals surface area contributed by atoms with Gasteiger partial charge in [-0.2, -0.15) is 0 Å². The molecule has 0 heterocycles. The van der Waals surface area contributed by atoms with Gasteiger partial charge in [0.1, 0.15) is 0 Å². The van der Waals surface area contributed by atoms with Gasteiger partial charge in [0.2, 0.25) is 0 Å². The minimum atomic E-state index is -0.298. The number of ether oxygens (including phenoxy) is 2. The Hall–Kier alpha value is -0.830. The molecule has 0 bridgehead atoms. The van der Waals surface area contributed by atoms with Crippen molar-refractivity contribution in [3.63, 3.8) is 0 Å². The van der Waals surface area contributed by atoms with Crippen molar-refractivity contribution in [3.8, 4) is 0 Å². The lowest BCUT2D eigenvalue weighted by Gasteiger charge is -2.33. The van der Waals surface area contributed by atoms with E-state index in [1.807, 2.05) is 0 Å². The number of methoxy groups -OCH3 is 1. The van der Waals surface area contributed by atoms with Crippen LogP contribution >= 0.6 is 0 Å². The second-order valence-corrected chi connectivity index (χ2v) is 6.77. The predicted molar refractivity (Wildman–Crippen MR) is 93.0 cm³/mol. The smallest absolute Gasteiger partial charge is 0.333 e. The first-order chi connectivity index (χ1) is 10.3. The van der Waals surface area contributed by atoms with E-state index in [1.54, 1.807) is 14.0 Å². The van der Waals surface area contributed by atoms with Crippen molar-refractivity contribution in [1.29, 1.82) is 0 Å². The van der Waals surface area contributed by atoms with Gasteiger partial charge in [-0.1, -0.05) is 52.0 Å². The van der Waals surface area contributed by atoms with Gasteiger partial charge in [-0.05, 0) is 39.5 Å². The Balaban J connectivity index is 4.17. The van der Waals surface area contributed by atoms with E-state index in [0.29, 0.717) is 18.1 Å². The normalized spacial score (nSPS) is 13.0. The fourth-order valence-electron chi connectivity index (χ4n) is 2.59. The molecule has 0 fully saturated rings. The van der Waals surface area contributed by atoms with Crippen molar-refractivity contribution in [1.82, 2.24) is 0 Å². The van der Waals surface area contributed by atoms with Crippen LogP contribution in [-0.2, 0) is 14.3 Å². The Kier molecular flexibility index (Phi) is 11.3. The second-order valence-electron chi connectivity index (χ2n) is 6.77. The maximum absolute atomic E-state index is 11.5. The first-order valence-electron chi connectivity index (χ1n) is 8.73. The van der Waals surface area contributed by atoms with Gasteiger partial charge in [0, 0.05) is 12.7 Å². The van der Waals surface area contributed by atoms with Crippen LogP contribution in [0.5, 0.6) is 0 Å². The number of hydrogen-bond donors (Lipinski definition) is 0. The molecule has 3 nitrogen and oxygen atoms in total. The fourth-order valence-corrected chi connectivity index (χ4v) is 2.59. The van der Waals surface area contributed by atoms with E-state index in [0.717, 1.165) is 12.8 Å². The molecule has 0 aromatic carbocycles. The number of esters is 1. The number of rotatable bonds is 13. The van der Waals surface area contributed by atoms with Crippen LogP contribution in [0.4, 0.5) is 0 Å². The molecular formula is C19H36O3. The number of unbranched alkanes of at least 4 members (excludes halogenated alkanes) is 5. The van der Waals surface area contributed by atoms with Crippen LogP contribution in [-0.4, -0.2) is 25.3 Å². The Morgan fingerprint density at radius 2 is 1.68 bits per heavy atom. The highest BCUT2D eigenvalue weighted by Crippen LogP contribution is 2.29. The van der Waals surface area contributed by atoms with Crippen molar-refractivity contribution in [3.05, 3.63) is 12.2 Å². The van der Waals surface area contributed by atoms with Crippen LogP contribution in [0.15, 0.2) is 12.2 Å². The van der Waals surface area contributed by atoms with Gasteiger partial charge in [-0.25, -0.2) is 4.79 Å². The monoisotopic (exact) mass is 312 g/mol. The van der Waals surface area contributed by atoms with Gasteiger partial charge < -0.3 is 9.47 Å². The average molecular weight is 312 g/mol. The SMILES string of the molecule is C=C(C)C(=O)OCCC(CCCCCCCC)C(C)(C)OC. The lowest BCUT2D eigenvalue weighted by molar-refractivity contribution is -0.140. The first kappa shape index (κ1) is 21.2. The highest BCUT2D eigenvalue weighted by Gasteiger charge is 2.28.